The second-order valence-corrected chi connectivity index (χ2v) is 6.30. The molecule has 19 heavy (non-hydrogen) atoms. The van der Waals surface area contributed by atoms with E-state index in [-0.39, 0.29) is 0 Å². The molecule has 1 saturated heterocycles. The summed E-state index contributed by atoms with van der Waals surface area (Å²) >= 11 is 0. The molecule has 3 heteroatoms. The first-order valence-corrected chi connectivity index (χ1v) is 8.02. The number of carbonyl (C=O) groups is 1. The van der Waals surface area contributed by atoms with E-state index in [9.17, 15) is 4.79 Å². The molecule has 0 aromatic rings. The van der Waals surface area contributed by atoms with Crippen LogP contribution in [0.4, 0.5) is 0 Å². The van der Waals surface area contributed by atoms with E-state index in [0.29, 0.717) is 11.8 Å². The first-order valence-electron chi connectivity index (χ1n) is 8.02. The summed E-state index contributed by atoms with van der Waals surface area (Å²) in [4.78, 5) is 16.6. The average Bonchev–Trinajstić information content (AvgIpc) is 3.31. The van der Waals surface area contributed by atoms with Gasteiger partial charge in [0.05, 0.1) is 0 Å². The Morgan fingerprint density at radius 2 is 1.95 bits per heavy atom. The Hall–Kier alpha value is -0.830. The van der Waals surface area contributed by atoms with E-state index in [2.05, 4.69) is 15.9 Å². The molecule has 0 spiro atoms. The lowest BCUT2D eigenvalue weighted by atomic mass is 9.97. The second-order valence-electron chi connectivity index (χ2n) is 6.30. The highest BCUT2D eigenvalue weighted by atomic mass is 16.2. The van der Waals surface area contributed by atoms with Gasteiger partial charge in [-0.3, -0.25) is 9.69 Å². The van der Waals surface area contributed by atoms with E-state index in [0.717, 1.165) is 39.0 Å². The van der Waals surface area contributed by atoms with Gasteiger partial charge in [0.1, 0.15) is 0 Å². The number of nitrogens with zero attached hydrogens (tertiary/aromatic N) is 2. The molecule has 1 aliphatic heterocycles. The van der Waals surface area contributed by atoms with Crippen molar-refractivity contribution in [1.29, 1.82) is 0 Å². The van der Waals surface area contributed by atoms with Crippen molar-refractivity contribution in [3.05, 3.63) is 11.6 Å². The summed E-state index contributed by atoms with van der Waals surface area (Å²) in [5.74, 6) is 0.814. The molecule has 0 atom stereocenters. The third-order valence-corrected chi connectivity index (χ3v) is 4.74. The maximum atomic E-state index is 12.0. The highest BCUT2D eigenvalue weighted by Gasteiger charge is 2.34. The number of hydrogen-bond donors (Lipinski definition) is 0. The van der Waals surface area contributed by atoms with E-state index < -0.39 is 0 Å². The van der Waals surface area contributed by atoms with Gasteiger partial charge < -0.3 is 4.90 Å². The number of rotatable bonds is 4. The molecule has 0 aromatic carbocycles. The zero-order valence-electron chi connectivity index (χ0n) is 11.9. The zero-order chi connectivity index (χ0) is 13.1. The molecule has 3 nitrogen and oxygen atoms in total. The normalized spacial score (nSPS) is 25.3. The highest BCUT2D eigenvalue weighted by Crippen LogP contribution is 2.31. The Bertz CT molecular complexity index is 352. The fourth-order valence-electron chi connectivity index (χ4n) is 3.21. The van der Waals surface area contributed by atoms with E-state index >= 15 is 0 Å². The SMILES string of the molecule is O=C(C1CC1)N1CCN(CCC2=CCCCC2)CC1. The summed E-state index contributed by atoms with van der Waals surface area (Å²) in [5, 5.41) is 0. The third kappa shape index (κ3) is 3.59. The maximum Gasteiger partial charge on any atom is 0.225 e. The van der Waals surface area contributed by atoms with Crippen molar-refractivity contribution in [1.82, 2.24) is 9.80 Å². The first-order chi connectivity index (χ1) is 9.33. The first kappa shape index (κ1) is 13.2. The summed E-state index contributed by atoms with van der Waals surface area (Å²) in [6.45, 7) is 5.25. The monoisotopic (exact) mass is 262 g/mol. The van der Waals surface area contributed by atoms with Crippen LogP contribution >= 0.6 is 0 Å². The van der Waals surface area contributed by atoms with Crippen molar-refractivity contribution < 1.29 is 4.79 Å². The lowest BCUT2D eigenvalue weighted by molar-refractivity contribution is -0.134. The van der Waals surface area contributed by atoms with Crippen molar-refractivity contribution >= 4 is 5.91 Å². The molecule has 1 saturated carbocycles. The fraction of sp³-hybridized carbons (Fsp3) is 0.812. The number of carbonyl (C=O) groups excluding carboxylic acids is 1. The highest BCUT2D eigenvalue weighted by molar-refractivity contribution is 5.81. The maximum absolute atomic E-state index is 12.0. The van der Waals surface area contributed by atoms with Crippen LogP contribution in [0.25, 0.3) is 0 Å². The van der Waals surface area contributed by atoms with Crippen molar-refractivity contribution in [2.45, 2.75) is 44.9 Å². The van der Waals surface area contributed by atoms with E-state index in [1.54, 1.807) is 5.57 Å². The van der Waals surface area contributed by atoms with Gasteiger partial charge in [0, 0.05) is 38.6 Å². The lowest BCUT2D eigenvalue weighted by Crippen LogP contribution is -2.49. The molecule has 1 heterocycles. The Morgan fingerprint density at radius 1 is 1.16 bits per heavy atom. The van der Waals surface area contributed by atoms with Crippen LogP contribution in [0.5, 0.6) is 0 Å². The van der Waals surface area contributed by atoms with Gasteiger partial charge in [-0.05, 0) is 44.9 Å². The van der Waals surface area contributed by atoms with Crippen LogP contribution < -0.4 is 0 Å². The summed E-state index contributed by atoms with van der Waals surface area (Å²) in [7, 11) is 0. The molecule has 0 bridgehead atoms. The largest absolute Gasteiger partial charge is 0.340 e. The molecule has 2 aliphatic carbocycles. The summed E-state index contributed by atoms with van der Waals surface area (Å²) in [6, 6.07) is 0. The predicted molar refractivity (Wildman–Crippen MR) is 76.9 cm³/mol. The zero-order valence-corrected chi connectivity index (χ0v) is 11.9. The smallest absolute Gasteiger partial charge is 0.225 e. The van der Waals surface area contributed by atoms with Gasteiger partial charge in [0.2, 0.25) is 5.91 Å². The number of amides is 1. The van der Waals surface area contributed by atoms with Crippen LogP contribution in [-0.4, -0.2) is 48.4 Å². The van der Waals surface area contributed by atoms with Crippen LogP contribution in [0.1, 0.15) is 44.9 Å². The predicted octanol–water partition coefficient (Wildman–Crippen LogP) is 2.43. The molecule has 3 rings (SSSR count). The molecule has 0 N–H and O–H groups in total. The lowest BCUT2D eigenvalue weighted by Gasteiger charge is -2.35. The third-order valence-electron chi connectivity index (χ3n) is 4.74. The van der Waals surface area contributed by atoms with E-state index in [1.807, 2.05) is 0 Å². The summed E-state index contributed by atoms with van der Waals surface area (Å²) < 4.78 is 0. The Labute approximate surface area is 116 Å². The minimum atomic E-state index is 0.388. The van der Waals surface area contributed by atoms with Crippen LogP contribution in [-0.2, 0) is 4.79 Å². The minimum absolute atomic E-state index is 0.388. The second kappa shape index (κ2) is 6.08. The quantitative estimate of drug-likeness (QED) is 0.727. The van der Waals surface area contributed by atoms with Gasteiger partial charge in [-0.25, -0.2) is 0 Å². The van der Waals surface area contributed by atoms with E-state index in [4.69, 9.17) is 0 Å². The average molecular weight is 262 g/mol. The molecule has 3 aliphatic rings. The molecule has 0 radical (unpaired) electrons. The van der Waals surface area contributed by atoms with Crippen molar-refractivity contribution in [2.75, 3.05) is 32.7 Å². The molecular formula is C16H26N2O. The van der Waals surface area contributed by atoms with Crippen LogP contribution in [0.3, 0.4) is 0 Å². The molecule has 1 amide bonds. The van der Waals surface area contributed by atoms with Crippen LogP contribution in [0.2, 0.25) is 0 Å². The Morgan fingerprint density at radius 3 is 2.58 bits per heavy atom. The Balaban J connectivity index is 1.37. The molecular weight excluding hydrogens is 236 g/mol. The Kier molecular flexibility index (Phi) is 4.21. The van der Waals surface area contributed by atoms with Gasteiger partial charge >= 0.3 is 0 Å². The minimum Gasteiger partial charge on any atom is -0.340 e. The van der Waals surface area contributed by atoms with E-state index in [1.165, 1.54) is 38.6 Å². The molecule has 106 valence electrons. The van der Waals surface area contributed by atoms with Gasteiger partial charge in [0.15, 0.2) is 0 Å². The van der Waals surface area contributed by atoms with Crippen molar-refractivity contribution in [3.63, 3.8) is 0 Å². The van der Waals surface area contributed by atoms with Crippen LogP contribution in [0.15, 0.2) is 11.6 Å². The van der Waals surface area contributed by atoms with Crippen molar-refractivity contribution in [2.24, 2.45) is 5.92 Å². The fourth-order valence-corrected chi connectivity index (χ4v) is 3.21. The van der Waals surface area contributed by atoms with Gasteiger partial charge in [-0.1, -0.05) is 11.6 Å². The summed E-state index contributed by atoms with van der Waals surface area (Å²) in [5.41, 5.74) is 1.67. The summed E-state index contributed by atoms with van der Waals surface area (Å²) in [6.07, 6.45) is 11.3. The molecule has 0 aromatic heterocycles. The van der Waals surface area contributed by atoms with Crippen molar-refractivity contribution in [3.8, 4) is 0 Å². The van der Waals surface area contributed by atoms with Gasteiger partial charge in [-0.15, -0.1) is 0 Å². The van der Waals surface area contributed by atoms with Crippen LogP contribution in [0, 0.1) is 5.92 Å². The molecule has 2 fully saturated rings. The van der Waals surface area contributed by atoms with Gasteiger partial charge in [-0.2, -0.15) is 0 Å². The molecule has 0 unspecified atom stereocenters. The number of piperazine rings is 1. The topological polar surface area (TPSA) is 23.6 Å². The van der Waals surface area contributed by atoms with Gasteiger partial charge in [0.25, 0.3) is 0 Å². The number of allylic oxidation sites excluding steroid dienone is 1. The number of hydrogen-bond acceptors (Lipinski definition) is 2. The standard InChI is InChI=1S/C16H26N2O/c19-16(15-6-7-15)18-12-10-17(11-13-18)9-8-14-4-2-1-3-5-14/h4,15H,1-3,5-13H2.